The van der Waals surface area contributed by atoms with Crippen LogP contribution in [-0.4, -0.2) is 38.8 Å². The second-order valence-electron chi connectivity index (χ2n) is 6.84. The molecule has 0 spiro atoms. The molecule has 8 nitrogen and oxygen atoms in total. The molecule has 0 radical (unpaired) electrons. The predicted octanol–water partition coefficient (Wildman–Crippen LogP) is 4.43. The van der Waals surface area contributed by atoms with Crippen molar-refractivity contribution in [3.8, 4) is 11.5 Å². The van der Waals surface area contributed by atoms with Crippen molar-refractivity contribution in [2.45, 2.75) is 33.4 Å². The summed E-state index contributed by atoms with van der Waals surface area (Å²) in [7, 11) is 3.21. The fraction of sp³-hybridized carbons (Fsp3) is 0.364. The summed E-state index contributed by atoms with van der Waals surface area (Å²) in [5, 5.41) is 12.1. The van der Waals surface area contributed by atoms with Crippen LogP contribution in [0.3, 0.4) is 0 Å². The Morgan fingerprint density at radius 3 is 2.19 bits per heavy atom. The van der Waals surface area contributed by atoms with Crippen LogP contribution in [0.15, 0.2) is 47.5 Å². The zero-order valence-corrected chi connectivity index (χ0v) is 20.9. The normalized spacial score (nSPS) is 10.7. The summed E-state index contributed by atoms with van der Waals surface area (Å²) in [5.41, 5.74) is 2.59. The van der Waals surface area contributed by atoms with Crippen molar-refractivity contribution in [1.29, 1.82) is 0 Å². The Labute approximate surface area is 201 Å². The first-order valence-corrected chi connectivity index (χ1v) is 9.89. The van der Waals surface area contributed by atoms with Crippen molar-refractivity contribution < 1.29 is 14.3 Å². The molecule has 2 aromatic rings. The number of guanidine groups is 1. The number of halogens is 1. The van der Waals surface area contributed by atoms with Crippen LogP contribution in [0.2, 0.25) is 0 Å². The van der Waals surface area contributed by atoms with Crippen LogP contribution in [0.5, 0.6) is 11.5 Å². The van der Waals surface area contributed by atoms with Gasteiger partial charge in [-0.1, -0.05) is 12.1 Å². The van der Waals surface area contributed by atoms with Crippen LogP contribution in [0.25, 0.3) is 0 Å². The maximum Gasteiger partial charge on any atom is 0.319 e. The number of rotatable bonds is 8. The van der Waals surface area contributed by atoms with Crippen molar-refractivity contribution in [3.63, 3.8) is 0 Å². The quantitative estimate of drug-likeness (QED) is 0.225. The highest BCUT2D eigenvalue weighted by atomic mass is 127. The number of amides is 2. The number of carbonyl (C=O) groups is 1. The highest BCUT2D eigenvalue weighted by Crippen LogP contribution is 2.29. The standard InChI is InChI=1S/C22H31N5O3.HI/c1-6-23-21(26-18-11-12-19(29-4)20(13-18)30-5)24-14-16-7-9-17(10-8-16)27-22(28)25-15(2)3;/h7-13,15H,6,14H2,1-5H3,(H2,23,24,26)(H2,25,27,28);1H. The molecule has 9 heteroatoms. The van der Waals surface area contributed by atoms with Gasteiger partial charge in [-0.2, -0.15) is 0 Å². The first kappa shape index (κ1) is 26.3. The lowest BCUT2D eigenvalue weighted by molar-refractivity contribution is 0.250. The van der Waals surface area contributed by atoms with E-state index in [1.54, 1.807) is 14.2 Å². The van der Waals surface area contributed by atoms with Crippen LogP contribution >= 0.6 is 24.0 Å². The maximum atomic E-state index is 11.8. The van der Waals surface area contributed by atoms with Gasteiger partial charge >= 0.3 is 6.03 Å². The van der Waals surface area contributed by atoms with E-state index in [4.69, 9.17) is 9.47 Å². The lowest BCUT2D eigenvalue weighted by Crippen LogP contribution is -2.34. The number of benzene rings is 2. The van der Waals surface area contributed by atoms with Gasteiger partial charge in [0.15, 0.2) is 17.5 Å². The van der Waals surface area contributed by atoms with Gasteiger partial charge in [0.1, 0.15) is 0 Å². The Hall–Kier alpha value is -2.69. The Morgan fingerprint density at radius 2 is 1.61 bits per heavy atom. The Bertz CT molecular complexity index is 857. The van der Waals surface area contributed by atoms with Crippen LogP contribution < -0.4 is 30.7 Å². The molecule has 4 N–H and O–H groups in total. The van der Waals surface area contributed by atoms with Crippen LogP contribution in [0, 0.1) is 0 Å². The molecule has 0 atom stereocenters. The van der Waals surface area contributed by atoms with Crippen molar-refractivity contribution in [2.24, 2.45) is 4.99 Å². The number of nitrogens with one attached hydrogen (secondary N) is 4. The molecule has 0 aromatic heterocycles. The van der Waals surface area contributed by atoms with Gasteiger partial charge in [-0.25, -0.2) is 9.79 Å². The second kappa shape index (κ2) is 13.6. The molecule has 2 amide bonds. The number of nitrogens with zero attached hydrogens (tertiary/aromatic N) is 1. The smallest absolute Gasteiger partial charge is 0.319 e. The third-order valence-electron chi connectivity index (χ3n) is 4.04. The summed E-state index contributed by atoms with van der Waals surface area (Å²) in [6.45, 7) is 7.06. The van der Waals surface area contributed by atoms with Gasteiger partial charge < -0.3 is 30.7 Å². The van der Waals surface area contributed by atoms with E-state index in [0.717, 1.165) is 23.5 Å². The van der Waals surface area contributed by atoms with E-state index < -0.39 is 0 Å². The van der Waals surface area contributed by atoms with Gasteiger partial charge in [-0.15, -0.1) is 24.0 Å². The van der Waals surface area contributed by atoms with E-state index in [1.807, 2.05) is 63.2 Å². The first-order valence-electron chi connectivity index (χ1n) is 9.89. The van der Waals surface area contributed by atoms with Gasteiger partial charge in [0.2, 0.25) is 0 Å². The zero-order valence-electron chi connectivity index (χ0n) is 18.6. The number of ether oxygens (including phenoxy) is 2. The summed E-state index contributed by atoms with van der Waals surface area (Å²) >= 11 is 0. The molecule has 0 saturated heterocycles. The summed E-state index contributed by atoms with van der Waals surface area (Å²) in [4.78, 5) is 16.4. The molecule has 0 aliphatic rings. The molecule has 0 heterocycles. The summed E-state index contributed by atoms with van der Waals surface area (Å²) < 4.78 is 10.6. The molecule has 0 aliphatic carbocycles. The third-order valence-corrected chi connectivity index (χ3v) is 4.04. The van der Waals surface area contributed by atoms with Gasteiger partial charge in [0.05, 0.1) is 20.8 Å². The summed E-state index contributed by atoms with van der Waals surface area (Å²) in [6, 6.07) is 13.1. The zero-order chi connectivity index (χ0) is 21.9. The lowest BCUT2D eigenvalue weighted by Gasteiger charge is -2.14. The SMILES string of the molecule is CCNC(=NCc1ccc(NC(=O)NC(C)C)cc1)Nc1ccc(OC)c(OC)c1.I. The van der Waals surface area contributed by atoms with Gasteiger partial charge in [-0.3, -0.25) is 0 Å². The average molecular weight is 541 g/mol. The number of anilines is 2. The highest BCUT2D eigenvalue weighted by molar-refractivity contribution is 14.0. The van der Waals surface area contributed by atoms with E-state index in [0.29, 0.717) is 24.0 Å². The molecular formula is C22H32IN5O3. The van der Waals surface area contributed by atoms with Crippen molar-refractivity contribution in [2.75, 3.05) is 31.4 Å². The van der Waals surface area contributed by atoms with E-state index in [9.17, 15) is 4.79 Å². The minimum absolute atomic E-state index is 0. The van der Waals surface area contributed by atoms with Crippen molar-refractivity contribution >= 4 is 47.3 Å². The van der Waals surface area contributed by atoms with Gasteiger partial charge in [-0.05, 0) is 50.6 Å². The number of carbonyl (C=O) groups excluding carboxylic acids is 1. The first-order chi connectivity index (χ1) is 14.4. The fourth-order valence-corrected chi connectivity index (χ4v) is 2.65. The molecule has 0 unspecified atom stereocenters. The van der Waals surface area contributed by atoms with Crippen molar-refractivity contribution in [1.82, 2.24) is 10.6 Å². The molecule has 0 bridgehead atoms. The molecule has 2 aromatic carbocycles. The predicted molar refractivity (Wildman–Crippen MR) is 137 cm³/mol. The van der Waals surface area contributed by atoms with E-state index in [-0.39, 0.29) is 36.0 Å². The largest absolute Gasteiger partial charge is 0.493 e. The molecule has 2 rings (SSSR count). The van der Waals surface area contributed by atoms with E-state index in [2.05, 4.69) is 26.3 Å². The monoisotopic (exact) mass is 541 g/mol. The Kier molecular flexibility index (Phi) is 11.5. The Balaban J connectivity index is 0.00000480. The topological polar surface area (TPSA) is 96.0 Å². The van der Waals surface area contributed by atoms with Crippen LogP contribution in [-0.2, 0) is 6.54 Å². The molecule has 170 valence electrons. The number of hydrogen-bond donors (Lipinski definition) is 4. The number of methoxy groups -OCH3 is 2. The molecule has 0 fully saturated rings. The maximum absolute atomic E-state index is 11.8. The number of aliphatic imine (C=N–C) groups is 1. The van der Waals surface area contributed by atoms with Gasteiger partial charge in [0, 0.05) is 30.0 Å². The number of hydrogen-bond acceptors (Lipinski definition) is 4. The fourth-order valence-electron chi connectivity index (χ4n) is 2.65. The molecule has 0 saturated carbocycles. The van der Waals surface area contributed by atoms with Crippen LogP contribution in [0.1, 0.15) is 26.3 Å². The lowest BCUT2D eigenvalue weighted by atomic mass is 10.2. The van der Waals surface area contributed by atoms with Gasteiger partial charge in [0.25, 0.3) is 0 Å². The highest BCUT2D eigenvalue weighted by Gasteiger charge is 2.07. The summed E-state index contributed by atoms with van der Waals surface area (Å²) in [5.74, 6) is 1.96. The second-order valence-corrected chi connectivity index (χ2v) is 6.84. The minimum atomic E-state index is -0.218. The molecular weight excluding hydrogens is 509 g/mol. The van der Waals surface area contributed by atoms with Crippen LogP contribution in [0.4, 0.5) is 16.2 Å². The van der Waals surface area contributed by atoms with E-state index >= 15 is 0 Å². The third kappa shape index (κ3) is 8.91. The minimum Gasteiger partial charge on any atom is -0.493 e. The Morgan fingerprint density at radius 1 is 0.968 bits per heavy atom. The molecule has 0 aliphatic heterocycles. The average Bonchev–Trinajstić information content (AvgIpc) is 2.72. The number of urea groups is 1. The van der Waals surface area contributed by atoms with E-state index in [1.165, 1.54) is 0 Å². The molecule has 31 heavy (non-hydrogen) atoms. The summed E-state index contributed by atoms with van der Waals surface area (Å²) in [6.07, 6.45) is 0. The van der Waals surface area contributed by atoms with Crippen molar-refractivity contribution in [3.05, 3.63) is 48.0 Å².